The highest BCUT2D eigenvalue weighted by atomic mass is 28.4. The van der Waals surface area contributed by atoms with E-state index in [9.17, 15) is 24.0 Å². The van der Waals surface area contributed by atoms with E-state index in [1.807, 2.05) is 0 Å². The van der Waals surface area contributed by atoms with Crippen LogP contribution < -0.4 is 23.3 Å². The molecule has 1 fully saturated rings. The van der Waals surface area contributed by atoms with E-state index >= 15 is 0 Å². The molecule has 2 aromatic carbocycles. The molecule has 14 nitrogen and oxygen atoms in total. The summed E-state index contributed by atoms with van der Waals surface area (Å²) in [5.74, 6) is -1.33. The first-order valence-electron chi connectivity index (χ1n) is 21.0. The first kappa shape index (κ1) is 49.6. The quantitative estimate of drug-likeness (QED) is 0.0528. The number of rotatable bonds is 17. The summed E-state index contributed by atoms with van der Waals surface area (Å²) >= 11 is 0. The molecule has 2 unspecified atom stereocenters. The fourth-order valence-electron chi connectivity index (χ4n) is 5.66. The van der Waals surface area contributed by atoms with E-state index in [0.717, 1.165) is 4.90 Å². The molecule has 17 heteroatoms. The van der Waals surface area contributed by atoms with Crippen LogP contribution in [0.15, 0.2) is 30.3 Å². The minimum Gasteiger partial charge on any atom is -0.541 e. The van der Waals surface area contributed by atoms with Crippen LogP contribution in [0.3, 0.4) is 0 Å². The van der Waals surface area contributed by atoms with E-state index in [0.29, 0.717) is 17.2 Å². The zero-order chi connectivity index (χ0) is 46.1. The number of benzene rings is 2. The molecule has 2 heterocycles. The summed E-state index contributed by atoms with van der Waals surface area (Å²) in [6.07, 6.45) is -0.620. The molecule has 4 rings (SSSR count). The normalized spacial score (nSPS) is 17.2. The number of carbonyl (C=O) groups is 5. The van der Waals surface area contributed by atoms with Crippen LogP contribution in [-0.4, -0.2) is 98.2 Å². The van der Waals surface area contributed by atoms with Gasteiger partial charge < -0.3 is 32.2 Å². The smallest absolute Gasteiger partial charge is 0.338 e. The lowest BCUT2D eigenvalue weighted by atomic mass is 10.0. The number of amides is 4. The molecule has 1 saturated heterocycles. The van der Waals surface area contributed by atoms with E-state index in [1.165, 1.54) is 6.07 Å². The Morgan fingerprint density at radius 2 is 1.23 bits per heavy atom. The zero-order valence-corrected chi connectivity index (χ0v) is 42.1. The Balaban J connectivity index is 1.42. The van der Waals surface area contributed by atoms with Gasteiger partial charge in [-0.1, -0.05) is 68.4 Å². The second-order valence-corrected chi connectivity index (χ2v) is 34.5. The largest absolute Gasteiger partial charge is 0.541 e. The molecule has 0 spiro atoms. The molecule has 0 aromatic heterocycles. The van der Waals surface area contributed by atoms with E-state index in [-0.39, 0.29) is 76.8 Å². The van der Waals surface area contributed by atoms with Crippen LogP contribution in [0.25, 0.3) is 0 Å². The number of imide groups is 2. The molecule has 0 radical (unpaired) electrons. The van der Waals surface area contributed by atoms with Crippen molar-refractivity contribution in [1.29, 1.82) is 0 Å². The van der Waals surface area contributed by atoms with Gasteiger partial charge in [-0.2, -0.15) is 0 Å². The van der Waals surface area contributed by atoms with Gasteiger partial charge in [0.2, 0.25) is 11.8 Å². The van der Waals surface area contributed by atoms with Gasteiger partial charge in [0.05, 0.1) is 29.9 Å². The topological polar surface area (TPSA) is 165 Å². The zero-order valence-electron chi connectivity index (χ0n) is 39.1. The van der Waals surface area contributed by atoms with Gasteiger partial charge in [0, 0.05) is 6.42 Å². The van der Waals surface area contributed by atoms with Crippen molar-refractivity contribution >= 4 is 54.6 Å². The van der Waals surface area contributed by atoms with Gasteiger partial charge in [-0.05, 0) is 92.0 Å². The lowest BCUT2D eigenvalue weighted by Gasteiger charge is -2.42. The average molecular weight is 901 g/mol. The van der Waals surface area contributed by atoms with Crippen LogP contribution in [0.5, 0.6) is 23.0 Å². The van der Waals surface area contributed by atoms with E-state index in [1.54, 1.807) is 31.2 Å². The van der Waals surface area contributed by atoms with Crippen LogP contribution >= 0.6 is 0 Å². The van der Waals surface area contributed by atoms with Crippen LogP contribution in [-0.2, 0) is 23.8 Å². The molecule has 4 amide bonds. The van der Waals surface area contributed by atoms with Crippen molar-refractivity contribution in [2.45, 2.75) is 149 Å². The number of hydrogen-bond acceptors (Lipinski definition) is 12. The number of fused-ring (bicyclic) bond motifs is 1. The summed E-state index contributed by atoms with van der Waals surface area (Å²) in [7, 11) is -7.28. The molecule has 2 atom stereocenters. The third kappa shape index (κ3) is 11.5. The van der Waals surface area contributed by atoms with E-state index < -0.39 is 66.9 Å². The highest BCUT2D eigenvalue weighted by Crippen LogP contribution is 2.50. The van der Waals surface area contributed by atoms with E-state index in [4.69, 9.17) is 32.2 Å². The van der Waals surface area contributed by atoms with Gasteiger partial charge in [0.15, 0.2) is 12.0 Å². The van der Waals surface area contributed by atoms with E-state index in [2.05, 4.69) is 107 Å². The van der Waals surface area contributed by atoms with Crippen molar-refractivity contribution in [3.8, 4) is 23.0 Å². The van der Waals surface area contributed by atoms with Gasteiger partial charge in [0.25, 0.3) is 36.8 Å². The standard InChI is InChI=1S/C44H68N2O12Si3/c1-28(52-22-24-54-32-19-17-18-30-36(32)40(50)46(39(30)49)31-20-21-35(47)45-38(31)48)53-23-25-55-41(51)29-26-33(56-59(11,12)42(2,3)4)37(58-61(15,16)44(8,9)10)34(27-29)57-60(13,14)43(5,6)7/h17-19,26-28,31H,20-25H2,1-16H3,(H,45,47,48). The van der Waals surface area contributed by atoms with Gasteiger partial charge in [-0.3, -0.25) is 29.4 Å². The van der Waals surface area contributed by atoms with Crippen LogP contribution in [0.1, 0.15) is 113 Å². The predicted molar refractivity (Wildman–Crippen MR) is 240 cm³/mol. The van der Waals surface area contributed by atoms with Crippen molar-refractivity contribution in [2.75, 3.05) is 26.4 Å². The Morgan fingerprint density at radius 1 is 0.721 bits per heavy atom. The van der Waals surface area contributed by atoms with Crippen molar-refractivity contribution in [3.63, 3.8) is 0 Å². The molecular weight excluding hydrogens is 833 g/mol. The minimum atomic E-state index is -2.43. The second kappa shape index (κ2) is 18.4. The number of piperidine rings is 1. The lowest BCUT2D eigenvalue weighted by Crippen LogP contribution is -2.54. The molecule has 338 valence electrons. The summed E-state index contributed by atoms with van der Waals surface area (Å²) < 4.78 is 44.0. The predicted octanol–water partition coefficient (Wildman–Crippen LogP) is 8.85. The highest BCUT2D eigenvalue weighted by Gasteiger charge is 2.47. The molecule has 2 aliphatic heterocycles. The van der Waals surface area contributed by atoms with Crippen molar-refractivity contribution in [1.82, 2.24) is 10.2 Å². The summed E-state index contributed by atoms with van der Waals surface area (Å²) in [6.45, 7) is 34.3. The lowest BCUT2D eigenvalue weighted by molar-refractivity contribution is -0.140. The average Bonchev–Trinajstić information content (AvgIpc) is 3.37. The monoisotopic (exact) mass is 900 g/mol. The number of ether oxygens (including phenoxy) is 4. The van der Waals surface area contributed by atoms with Crippen molar-refractivity contribution in [2.24, 2.45) is 0 Å². The molecule has 2 aromatic rings. The third-order valence-corrected chi connectivity index (χ3v) is 25.6. The fraction of sp³-hybridized carbons (Fsp3) is 0.614. The molecule has 61 heavy (non-hydrogen) atoms. The number of carbonyl (C=O) groups excluding carboxylic acids is 5. The molecule has 0 saturated carbocycles. The first-order chi connectivity index (χ1) is 27.9. The summed E-state index contributed by atoms with van der Waals surface area (Å²) in [5.41, 5.74) is 0.450. The summed E-state index contributed by atoms with van der Waals surface area (Å²) in [5, 5.41) is 1.80. The Morgan fingerprint density at radius 3 is 1.74 bits per heavy atom. The van der Waals surface area contributed by atoms with Crippen LogP contribution in [0.2, 0.25) is 54.4 Å². The molecule has 2 aliphatic rings. The molecule has 0 aliphatic carbocycles. The number of nitrogens with one attached hydrogen (secondary N) is 1. The number of esters is 1. The highest BCUT2D eigenvalue weighted by molar-refractivity contribution is 6.76. The Labute approximate surface area is 365 Å². The Kier molecular flexibility index (Phi) is 14.9. The van der Waals surface area contributed by atoms with Gasteiger partial charge in [-0.15, -0.1) is 0 Å². The maximum atomic E-state index is 13.8. The van der Waals surface area contributed by atoms with Crippen molar-refractivity contribution in [3.05, 3.63) is 47.0 Å². The summed E-state index contributed by atoms with van der Waals surface area (Å²) in [4.78, 5) is 65.2. The second-order valence-electron chi connectivity index (χ2n) is 20.3. The maximum Gasteiger partial charge on any atom is 0.338 e. The van der Waals surface area contributed by atoms with Crippen LogP contribution in [0.4, 0.5) is 0 Å². The van der Waals surface area contributed by atoms with Gasteiger partial charge >= 0.3 is 5.97 Å². The maximum absolute atomic E-state index is 13.8. The van der Waals surface area contributed by atoms with Gasteiger partial charge in [0.1, 0.15) is 36.5 Å². The molecular formula is C44H68N2O12Si3. The SMILES string of the molecule is CC(OCCOC(=O)c1cc(O[Si](C)(C)C(C)(C)C)c(O[Si](C)(C)C(C)(C)C)c(O[Si](C)(C)C(C)(C)C)c1)OCCOc1cccc2c1C(=O)N(C1CCC(=O)NC1=O)C2=O. The summed E-state index contributed by atoms with van der Waals surface area (Å²) in [6, 6.07) is 7.00. The van der Waals surface area contributed by atoms with Crippen molar-refractivity contribution < 1.29 is 56.2 Å². The van der Waals surface area contributed by atoms with Gasteiger partial charge in [-0.25, -0.2) is 4.79 Å². The van der Waals surface area contributed by atoms with Crippen LogP contribution in [0, 0.1) is 0 Å². The first-order valence-corrected chi connectivity index (χ1v) is 29.7. The molecule has 1 N–H and O–H groups in total. The number of nitrogens with zero attached hydrogens (tertiary/aromatic N) is 1. The number of hydrogen-bond donors (Lipinski definition) is 1. The minimum absolute atomic E-state index is 0.0206. The fourth-order valence-corrected chi connectivity index (χ4v) is 8.69. The Hall–Kier alpha value is -4.04. The molecule has 0 bridgehead atoms. The third-order valence-electron chi connectivity index (χ3n) is 12.6. The Bertz CT molecular complexity index is 1950.